The molecule has 0 bridgehead atoms. The number of rotatable bonds is 43. The fourth-order valence-corrected chi connectivity index (χ4v) is 6.71. The van der Waals surface area contributed by atoms with Gasteiger partial charge in [-0.05, 0) is 89.5 Å². The van der Waals surface area contributed by atoms with Gasteiger partial charge in [-0.1, -0.05) is 177 Å². The van der Waals surface area contributed by atoms with Gasteiger partial charge in [0.15, 0.2) is 0 Å². The van der Waals surface area contributed by atoms with Crippen LogP contribution >= 0.6 is 0 Å². The molecule has 0 fully saturated rings. The molecule has 0 aromatic heterocycles. The lowest BCUT2D eigenvalue weighted by molar-refractivity contribution is -0.147. The van der Waals surface area contributed by atoms with Gasteiger partial charge in [0.25, 0.3) is 0 Å². The average Bonchev–Trinajstić information content (AvgIpc) is 3.25. The zero-order valence-electron chi connectivity index (χ0n) is 38.6. The second-order valence-corrected chi connectivity index (χ2v) is 16.2. The summed E-state index contributed by atoms with van der Waals surface area (Å²) in [6, 6.07) is -1.39. The van der Waals surface area contributed by atoms with Crippen LogP contribution in [0.5, 0.6) is 0 Å². The van der Waals surface area contributed by atoms with Crippen LogP contribution in [0.4, 0.5) is 0 Å². The Balaban J connectivity index is 4.19. The first-order chi connectivity index (χ1) is 29.8. The molecule has 0 spiro atoms. The monoisotopic (exact) mass is 853 g/mol. The maximum atomic E-state index is 12.8. The van der Waals surface area contributed by atoms with E-state index >= 15 is 0 Å². The van der Waals surface area contributed by atoms with E-state index < -0.39 is 24.5 Å². The number of nitrogens with one attached hydrogen (secondary N) is 2. The molecule has 0 heterocycles. The number of carbonyl (C=O) groups excluding carboxylic acids is 3. The number of amides is 2. The SMILES string of the molecule is CC/C=C\C/C=C\C/C=C\C/C=C\CCCCCCCCCCCCC(=O)OC(/C=C\C/C=C\CCCCCC)CCCCCCCCC(=O)NCC(=O)NC(CO)C(=O)O. The van der Waals surface area contributed by atoms with Gasteiger partial charge in [0.05, 0.1) is 13.2 Å². The second-order valence-electron chi connectivity index (χ2n) is 16.2. The number of hydrogen-bond acceptors (Lipinski definition) is 6. The summed E-state index contributed by atoms with van der Waals surface area (Å²) in [5.74, 6) is -2.35. The lowest BCUT2D eigenvalue weighted by atomic mass is 10.0. The molecule has 9 nitrogen and oxygen atoms in total. The molecule has 0 aliphatic carbocycles. The fourth-order valence-electron chi connectivity index (χ4n) is 6.71. The smallest absolute Gasteiger partial charge is 0.328 e. The Bertz CT molecular complexity index is 1250. The number of ether oxygens (including phenoxy) is 1. The average molecular weight is 853 g/mol. The number of carboxylic acids is 1. The molecule has 4 N–H and O–H groups in total. The van der Waals surface area contributed by atoms with E-state index in [0.717, 1.165) is 89.9 Å². The van der Waals surface area contributed by atoms with Crippen molar-refractivity contribution in [2.24, 2.45) is 0 Å². The highest BCUT2D eigenvalue weighted by Gasteiger charge is 2.18. The van der Waals surface area contributed by atoms with E-state index in [1.807, 2.05) is 0 Å². The van der Waals surface area contributed by atoms with Gasteiger partial charge >= 0.3 is 11.9 Å². The van der Waals surface area contributed by atoms with Crippen LogP contribution in [0.2, 0.25) is 0 Å². The lowest BCUT2D eigenvalue weighted by Gasteiger charge is -2.15. The number of esters is 1. The molecule has 0 rings (SSSR count). The van der Waals surface area contributed by atoms with Crippen molar-refractivity contribution in [3.8, 4) is 0 Å². The van der Waals surface area contributed by atoms with Crippen LogP contribution in [0.3, 0.4) is 0 Å². The molecular weight excluding hydrogens is 765 g/mol. The third kappa shape index (κ3) is 42.8. The van der Waals surface area contributed by atoms with Gasteiger partial charge in [0.2, 0.25) is 11.8 Å². The van der Waals surface area contributed by atoms with E-state index in [2.05, 4.69) is 97.4 Å². The Kier molecular flexibility index (Phi) is 43.0. The van der Waals surface area contributed by atoms with E-state index in [0.29, 0.717) is 19.3 Å². The highest BCUT2D eigenvalue weighted by molar-refractivity contribution is 5.87. The van der Waals surface area contributed by atoms with E-state index in [-0.39, 0.29) is 24.5 Å². The summed E-state index contributed by atoms with van der Waals surface area (Å²) in [6.45, 7) is 3.35. The van der Waals surface area contributed by atoms with Crippen LogP contribution in [0.15, 0.2) is 72.9 Å². The summed E-state index contributed by atoms with van der Waals surface area (Å²) >= 11 is 0. The third-order valence-corrected chi connectivity index (χ3v) is 10.4. The molecule has 0 radical (unpaired) electrons. The largest absolute Gasteiger partial charge is 0.480 e. The number of hydrogen-bond donors (Lipinski definition) is 4. The molecule has 348 valence electrons. The summed E-state index contributed by atoms with van der Waals surface area (Å²) in [7, 11) is 0. The van der Waals surface area contributed by atoms with Gasteiger partial charge in [-0.2, -0.15) is 0 Å². The second kappa shape index (κ2) is 45.8. The van der Waals surface area contributed by atoms with Crippen LogP contribution < -0.4 is 10.6 Å². The third-order valence-electron chi connectivity index (χ3n) is 10.4. The quantitative estimate of drug-likeness (QED) is 0.0272. The standard InChI is InChI=1S/C52H88N2O7/c1-3-5-7-9-11-13-14-15-16-17-18-19-20-21-22-23-24-25-26-28-30-36-40-44-51(58)61-47(41-37-33-29-27-12-10-8-6-4-2)42-38-34-31-32-35-39-43-49(56)53-45-50(57)54-48(46-55)52(59)60/h5,7,11,13,15-16,18-19,27,29,37,41,47-48,55H,3-4,6,8-10,12,14,17,20-26,28,30-36,38-40,42-46H2,1-2H3,(H,53,56)(H,54,57)(H,59,60)/b7-5-,13-11-,16-15-,19-18-,29-27-,41-37-. The normalized spacial score (nSPS) is 13.1. The van der Waals surface area contributed by atoms with Crippen molar-refractivity contribution < 1.29 is 34.1 Å². The highest BCUT2D eigenvalue weighted by atomic mass is 16.5. The van der Waals surface area contributed by atoms with Crippen molar-refractivity contribution >= 4 is 23.8 Å². The van der Waals surface area contributed by atoms with Crippen molar-refractivity contribution in [1.82, 2.24) is 10.6 Å². The van der Waals surface area contributed by atoms with Gasteiger partial charge in [0.1, 0.15) is 12.1 Å². The summed E-state index contributed by atoms with van der Waals surface area (Å²) in [4.78, 5) is 47.6. The number of aliphatic carboxylic acids is 1. The number of aliphatic hydroxyl groups is 1. The molecule has 0 aliphatic rings. The summed E-state index contributed by atoms with van der Waals surface area (Å²) in [5, 5.41) is 22.5. The van der Waals surface area contributed by atoms with E-state index in [1.165, 1.54) is 83.5 Å². The predicted molar refractivity (Wildman–Crippen MR) is 254 cm³/mol. The van der Waals surface area contributed by atoms with E-state index in [9.17, 15) is 19.2 Å². The van der Waals surface area contributed by atoms with Gasteiger partial charge in [-0.3, -0.25) is 14.4 Å². The van der Waals surface area contributed by atoms with Crippen LogP contribution in [0.1, 0.15) is 206 Å². The first kappa shape index (κ1) is 57.3. The lowest BCUT2D eigenvalue weighted by Crippen LogP contribution is -2.47. The molecule has 2 amide bonds. The molecule has 2 atom stereocenters. The van der Waals surface area contributed by atoms with Crippen LogP contribution in [-0.2, 0) is 23.9 Å². The molecule has 0 aromatic rings. The molecule has 9 heteroatoms. The summed E-state index contributed by atoms with van der Waals surface area (Å²) < 4.78 is 5.95. The minimum atomic E-state index is -1.39. The molecule has 0 aromatic carbocycles. The summed E-state index contributed by atoms with van der Waals surface area (Å²) in [6.07, 6.45) is 58.2. The molecule has 0 saturated heterocycles. The van der Waals surface area contributed by atoms with Crippen molar-refractivity contribution in [2.45, 2.75) is 219 Å². The molecular formula is C52H88N2O7. The van der Waals surface area contributed by atoms with Crippen LogP contribution in [0.25, 0.3) is 0 Å². The van der Waals surface area contributed by atoms with E-state index in [1.54, 1.807) is 0 Å². The van der Waals surface area contributed by atoms with Gasteiger partial charge in [-0.25, -0.2) is 4.79 Å². The van der Waals surface area contributed by atoms with Crippen molar-refractivity contribution in [1.29, 1.82) is 0 Å². The first-order valence-electron chi connectivity index (χ1n) is 24.3. The zero-order chi connectivity index (χ0) is 44.7. The number of unbranched alkanes of at least 4 members (excludes halogenated alkanes) is 19. The fraction of sp³-hybridized carbons (Fsp3) is 0.692. The number of carbonyl (C=O) groups is 4. The molecule has 0 saturated carbocycles. The van der Waals surface area contributed by atoms with Gasteiger partial charge < -0.3 is 25.6 Å². The Morgan fingerprint density at radius 3 is 1.51 bits per heavy atom. The zero-order valence-corrected chi connectivity index (χ0v) is 38.6. The number of allylic oxidation sites excluding steroid dienone is 11. The highest BCUT2D eigenvalue weighted by Crippen LogP contribution is 2.16. The first-order valence-corrected chi connectivity index (χ1v) is 24.3. The minimum absolute atomic E-state index is 0.0998. The Hall–Kier alpha value is -3.72. The van der Waals surface area contributed by atoms with Crippen LogP contribution in [0, 0.1) is 0 Å². The Labute approximate surface area is 372 Å². The Morgan fingerprint density at radius 1 is 0.525 bits per heavy atom. The predicted octanol–water partition coefficient (Wildman–Crippen LogP) is 12.7. The maximum absolute atomic E-state index is 12.8. The number of carboxylic acid groups (broad SMARTS) is 1. The van der Waals surface area contributed by atoms with E-state index in [4.69, 9.17) is 14.9 Å². The van der Waals surface area contributed by atoms with Crippen molar-refractivity contribution in [3.63, 3.8) is 0 Å². The van der Waals surface area contributed by atoms with Gasteiger partial charge in [0, 0.05) is 12.8 Å². The molecule has 61 heavy (non-hydrogen) atoms. The minimum Gasteiger partial charge on any atom is -0.480 e. The van der Waals surface area contributed by atoms with Gasteiger partial charge in [-0.15, -0.1) is 0 Å². The molecule has 0 aliphatic heterocycles. The summed E-state index contributed by atoms with van der Waals surface area (Å²) in [5.41, 5.74) is 0. The van der Waals surface area contributed by atoms with Crippen molar-refractivity contribution in [2.75, 3.05) is 13.2 Å². The topological polar surface area (TPSA) is 142 Å². The molecule has 2 unspecified atom stereocenters. The van der Waals surface area contributed by atoms with Crippen molar-refractivity contribution in [3.05, 3.63) is 72.9 Å². The van der Waals surface area contributed by atoms with Crippen LogP contribution in [-0.4, -0.2) is 59.3 Å². The number of aliphatic hydroxyl groups excluding tert-OH is 1. The Morgan fingerprint density at radius 2 is 0.984 bits per heavy atom. The maximum Gasteiger partial charge on any atom is 0.328 e.